The molecule has 0 radical (unpaired) electrons. The third-order valence-electron chi connectivity index (χ3n) is 5.24. The minimum Gasteiger partial charge on any atom is -0.421 e. The van der Waals surface area contributed by atoms with Crippen molar-refractivity contribution in [2.24, 2.45) is 7.05 Å². The Morgan fingerprint density at radius 1 is 1.21 bits per heavy atom. The van der Waals surface area contributed by atoms with Gasteiger partial charge in [0, 0.05) is 56.7 Å². The zero-order chi connectivity index (χ0) is 20.4. The van der Waals surface area contributed by atoms with Crippen LogP contribution >= 0.6 is 0 Å². The first-order valence-corrected chi connectivity index (χ1v) is 9.71. The number of urea groups is 1. The van der Waals surface area contributed by atoms with Crippen LogP contribution in [-0.4, -0.2) is 62.3 Å². The van der Waals surface area contributed by atoms with Gasteiger partial charge in [0.05, 0.1) is 6.04 Å². The molecule has 9 heteroatoms. The average Bonchev–Trinajstić information content (AvgIpc) is 3.38. The van der Waals surface area contributed by atoms with E-state index in [9.17, 15) is 4.79 Å². The molecule has 1 aliphatic rings. The fraction of sp³-hybridized carbons (Fsp3) is 0.400. The van der Waals surface area contributed by atoms with Gasteiger partial charge in [-0.15, -0.1) is 10.2 Å². The van der Waals surface area contributed by atoms with Crippen molar-refractivity contribution in [2.75, 3.05) is 32.0 Å². The van der Waals surface area contributed by atoms with Crippen LogP contribution in [0, 0.1) is 0 Å². The maximum absolute atomic E-state index is 12.8. The van der Waals surface area contributed by atoms with Crippen molar-refractivity contribution in [3.05, 3.63) is 48.4 Å². The number of aryl methyl sites for hydroxylation is 2. The van der Waals surface area contributed by atoms with Gasteiger partial charge < -0.3 is 19.2 Å². The number of amides is 2. The zero-order valence-electron chi connectivity index (χ0n) is 16.9. The van der Waals surface area contributed by atoms with Gasteiger partial charge in [0.1, 0.15) is 5.82 Å². The van der Waals surface area contributed by atoms with Crippen molar-refractivity contribution in [2.45, 2.75) is 19.4 Å². The highest BCUT2D eigenvalue weighted by atomic mass is 16.4. The van der Waals surface area contributed by atoms with E-state index in [2.05, 4.69) is 32.4 Å². The van der Waals surface area contributed by atoms with Crippen molar-refractivity contribution in [1.29, 1.82) is 0 Å². The summed E-state index contributed by atoms with van der Waals surface area (Å²) in [7, 11) is 4.04. The molecule has 0 aliphatic carbocycles. The summed E-state index contributed by atoms with van der Waals surface area (Å²) < 4.78 is 7.57. The monoisotopic (exact) mass is 395 g/mol. The second kappa shape index (κ2) is 8.04. The first-order chi connectivity index (χ1) is 14.0. The molecule has 1 aliphatic heterocycles. The largest absolute Gasteiger partial charge is 0.421 e. The standard InChI is InChI=1S/C20H25N7O2/c1-4-17-23-24-19(29-17)14-5-7-15(8-6-14)22-20(28)27-12-11-25(2)16(13-27)18-21-9-10-26(18)3/h5-10,16H,4,11-13H2,1-3H3,(H,22,28). The van der Waals surface area contributed by atoms with Crippen molar-refractivity contribution in [1.82, 2.24) is 29.5 Å². The Morgan fingerprint density at radius 3 is 2.66 bits per heavy atom. The van der Waals surface area contributed by atoms with E-state index in [0.717, 1.165) is 23.6 Å². The molecule has 1 fully saturated rings. The Balaban J connectivity index is 1.41. The van der Waals surface area contributed by atoms with Crippen LogP contribution in [0.1, 0.15) is 24.7 Å². The van der Waals surface area contributed by atoms with E-state index in [4.69, 9.17) is 4.42 Å². The molecule has 0 saturated carbocycles. The summed E-state index contributed by atoms with van der Waals surface area (Å²) in [5, 5.41) is 11.0. The number of anilines is 1. The quantitative estimate of drug-likeness (QED) is 0.730. The Bertz CT molecular complexity index is 979. The summed E-state index contributed by atoms with van der Waals surface area (Å²) in [5.74, 6) is 2.05. The number of hydrogen-bond acceptors (Lipinski definition) is 6. The summed E-state index contributed by atoms with van der Waals surface area (Å²) in [5.41, 5.74) is 1.55. The number of piperazine rings is 1. The fourth-order valence-corrected chi connectivity index (χ4v) is 3.45. The van der Waals surface area contributed by atoms with Gasteiger partial charge in [-0.3, -0.25) is 4.90 Å². The molecule has 1 aromatic carbocycles. The number of imidazole rings is 1. The predicted molar refractivity (Wildman–Crippen MR) is 108 cm³/mol. The van der Waals surface area contributed by atoms with Crippen LogP contribution in [0.5, 0.6) is 0 Å². The summed E-state index contributed by atoms with van der Waals surface area (Å²) in [4.78, 5) is 21.3. The molecule has 3 aromatic rings. The van der Waals surface area contributed by atoms with Crippen molar-refractivity contribution in [3.8, 4) is 11.5 Å². The second-order valence-electron chi connectivity index (χ2n) is 7.20. The van der Waals surface area contributed by atoms with E-state index in [1.165, 1.54) is 0 Å². The minimum atomic E-state index is -0.115. The molecular formula is C20H25N7O2. The summed E-state index contributed by atoms with van der Waals surface area (Å²) >= 11 is 0. The van der Waals surface area contributed by atoms with Crippen LogP contribution in [0.15, 0.2) is 41.1 Å². The first-order valence-electron chi connectivity index (χ1n) is 9.71. The smallest absolute Gasteiger partial charge is 0.321 e. The minimum absolute atomic E-state index is 0.0714. The third-order valence-corrected chi connectivity index (χ3v) is 5.24. The highest BCUT2D eigenvalue weighted by Crippen LogP contribution is 2.24. The van der Waals surface area contributed by atoms with Crippen LogP contribution in [0.4, 0.5) is 10.5 Å². The molecule has 2 amide bonds. The molecule has 1 N–H and O–H groups in total. The fourth-order valence-electron chi connectivity index (χ4n) is 3.45. The van der Waals surface area contributed by atoms with E-state index in [-0.39, 0.29) is 12.1 Å². The van der Waals surface area contributed by atoms with Gasteiger partial charge in [0.25, 0.3) is 0 Å². The summed E-state index contributed by atoms with van der Waals surface area (Å²) in [6, 6.07) is 7.37. The summed E-state index contributed by atoms with van der Waals surface area (Å²) in [6.45, 7) is 4.02. The highest BCUT2D eigenvalue weighted by molar-refractivity contribution is 5.89. The van der Waals surface area contributed by atoms with Gasteiger partial charge in [-0.2, -0.15) is 0 Å². The second-order valence-corrected chi connectivity index (χ2v) is 7.20. The maximum atomic E-state index is 12.8. The molecule has 2 aromatic heterocycles. The van der Waals surface area contributed by atoms with Crippen LogP contribution in [0.2, 0.25) is 0 Å². The van der Waals surface area contributed by atoms with Gasteiger partial charge in [0.15, 0.2) is 0 Å². The number of nitrogens with one attached hydrogen (secondary N) is 1. The summed E-state index contributed by atoms with van der Waals surface area (Å²) in [6.07, 6.45) is 4.42. The lowest BCUT2D eigenvalue weighted by Crippen LogP contribution is -2.50. The molecule has 0 bridgehead atoms. The number of carbonyl (C=O) groups excluding carboxylic acids is 1. The molecule has 1 saturated heterocycles. The van der Waals surface area contributed by atoms with Gasteiger partial charge in [0.2, 0.25) is 11.8 Å². The number of benzene rings is 1. The Kier molecular flexibility index (Phi) is 5.30. The molecule has 9 nitrogen and oxygen atoms in total. The molecule has 4 rings (SSSR count). The topological polar surface area (TPSA) is 92.3 Å². The highest BCUT2D eigenvalue weighted by Gasteiger charge is 2.30. The van der Waals surface area contributed by atoms with Crippen LogP contribution < -0.4 is 5.32 Å². The molecular weight excluding hydrogens is 370 g/mol. The number of likely N-dealkylation sites (N-methyl/N-ethyl adjacent to an activating group) is 1. The van der Waals surface area contributed by atoms with E-state index in [0.29, 0.717) is 31.3 Å². The molecule has 29 heavy (non-hydrogen) atoms. The Hall–Kier alpha value is -3.20. The van der Waals surface area contributed by atoms with Gasteiger partial charge in [-0.1, -0.05) is 6.92 Å². The normalized spacial score (nSPS) is 17.5. The molecule has 3 heterocycles. The zero-order valence-corrected chi connectivity index (χ0v) is 16.9. The van der Waals surface area contributed by atoms with E-state index in [1.54, 1.807) is 6.20 Å². The number of carbonyl (C=O) groups is 1. The third kappa shape index (κ3) is 4.00. The first kappa shape index (κ1) is 19.1. The van der Waals surface area contributed by atoms with Crippen molar-refractivity contribution in [3.63, 3.8) is 0 Å². The molecule has 0 spiro atoms. The lowest BCUT2D eigenvalue weighted by Gasteiger charge is -2.38. The van der Waals surface area contributed by atoms with Gasteiger partial charge >= 0.3 is 6.03 Å². The van der Waals surface area contributed by atoms with Crippen molar-refractivity contribution < 1.29 is 9.21 Å². The Labute approximate surface area is 169 Å². The lowest BCUT2D eigenvalue weighted by molar-refractivity contribution is 0.110. The van der Waals surface area contributed by atoms with E-state index in [1.807, 2.05) is 53.9 Å². The Morgan fingerprint density at radius 2 is 2.00 bits per heavy atom. The van der Waals surface area contributed by atoms with E-state index < -0.39 is 0 Å². The van der Waals surface area contributed by atoms with Crippen molar-refractivity contribution >= 4 is 11.7 Å². The number of nitrogens with zero attached hydrogens (tertiary/aromatic N) is 6. The maximum Gasteiger partial charge on any atom is 0.321 e. The average molecular weight is 395 g/mol. The van der Waals surface area contributed by atoms with Crippen LogP contribution in [0.3, 0.4) is 0 Å². The van der Waals surface area contributed by atoms with E-state index >= 15 is 0 Å². The van der Waals surface area contributed by atoms with Crippen LogP contribution in [0.25, 0.3) is 11.5 Å². The van der Waals surface area contributed by atoms with Crippen LogP contribution in [-0.2, 0) is 13.5 Å². The SMILES string of the molecule is CCc1nnc(-c2ccc(NC(=O)N3CCN(C)C(c4nccn4C)C3)cc2)o1. The lowest BCUT2D eigenvalue weighted by atomic mass is 10.1. The van der Waals surface area contributed by atoms with Gasteiger partial charge in [-0.05, 0) is 31.3 Å². The molecule has 1 atom stereocenters. The predicted octanol–water partition coefficient (Wildman–Crippen LogP) is 2.55. The number of hydrogen-bond donors (Lipinski definition) is 1. The number of rotatable bonds is 4. The number of aromatic nitrogens is 4. The van der Waals surface area contributed by atoms with Gasteiger partial charge in [-0.25, -0.2) is 9.78 Å². The molecule has 1 unspecified atom stereocenters. The molecule has 152 valence electrons.